The summed E-state index contributed by atoms with van der Waals surface area (Å²) in [5.41, 5.74) is 3.46. The van der Waals surface area contributed by atoms with Crippen LogP contribution in [0.25, 0.3) is 5.69 Å². The van der Waals surface area contributed by atoms with Gasteiger partial charge in [0.1, 0.15) is 0 Å². The standard InChI is InChI=1S/C22H24N4OS/c1-16-10-12-19(13-11-16)26-20(14-23-21(27)18-8-5-9-18)24-25-22(26)28-15-17-6-3-2-4-7-17/h2-4,6-7,10-13,18H,5,8-9,14-15H2,1H3,(H,23,27). The van der Waals surface area contributed by atoms with Crippen LogP contribution in [0.15, 0.2) is 59.8 Å². The van der Waals surface area contributed by atoms with Gasteiger partial charge in [-0.25, -0.2) is 0 Å². The van der Waals surface area contributed by atoms with E-state index in [-0.39, 0.29) is 11.8 Å². The molecular weight excluding hydrogens is 368 g/mol. The number of benzene rings is 2. The first-order valence-electron chi connectivity index (χ1n) is 9.66. The molecule has 0 unspecified atom stereocenters. The van der Waals surface area contributed by atoms with E-state index in [1.165, 1.54) is 11.1 Å². The van der Waals surface area contributed by atoms with E-state index in [4.69, 9.17) is 0 Å². The fraction of sp³-hybridized carbons (Fsp3) is 0.318. The minimum atomic E-state index is 0.128. The van der Waals surface area contributed by atoms with Crippen LogP contribution >= 0.6 is 11.8 Å². The third-order valence-electron chi connectivity index (χ3n) is 5.10. The third-order valence-corrected chi connectivity index (χ3v) is 6.10. The summed E-state index contributed by atoms with van der Waals surface area (Å²) in [7, 11) is 0. The van der Waals surface area contributed by atoms with Gasteiger partial charge in [-0.15, -0.1) is 10.2 Å². The molecule has 1 heterocycles. The van der Waals surface area contributed by atoms with E-state index in [0.29, 0.717) is 6.54 Å². The Kier molecular flexibility index (Phi) is 5.76. The Bertz CT molecular complexity index is 933. The van der Waals surface area contributed by atoms with E-state index in [1.807, 2.05) is 22.8 Å². The molecule has 4 rings (SSSR count). The highest BCUT2D eigenvalue weighted by molar-refractivity contribution is 7.98. The molecule has 1 aromatic heterocycles. The van der Waals surface area contributed by atoms with Crippen LogP contribution in [-0.4, -0.2) is 20.7 Å². The van der Waals surface area contributed by atoms with Crippen LogP contribution < -0.4 is 5.32 Å². The van der Waals surface area contributed by atoms with Crippen molar-refractivity contribution in [2.45, 2.75) is 43.6 Å². The number of amides is 1. The van der Waals surface area contributed by atoms with E-state index < -0.39 is 0 Å². The Morgan fingerprint density at radius 3 is 2.54 bits per heavy atom. The van der Waals surface area contributed by atoms with Crippen molar-refractivity contribution < 1.29 is 4.79 Å². The molecule has 3 aromatic rings. The van der Waals surface area contributed by atoms with Gasteiger partial charge in [-0.1, -0.05) is 66.2 Å². The van der Waals surface area contributed by atoms with E-state index >= 15 is 0 Å². The Morgan fingerprint density at radius 1 is 1.11 bits per heavy atom. The van der Waals surface area contributed by atoms with Crippen LogP contribution in [0.4, 0.5) is 0 Å². The highest BCUT2D eigenvalue weighted by atomic mass is 32.2. The molecule has 0 aliphatic heterocycles. The maximum atomic E-state index is 12.2. The zero-order chi connectivity index (χ0) is 19.3. The topological polar surface area (TPSA) is 59.8 Å². The first kappa shape index (κ1) is 18.7. The SMILES string of the molecule is Cc1ccc(-n2c(CNC(=O)C3CCC3)nnc2SCc2ccccc2)cc1. The zero-order valence-electron chi connectivity index (χ0n) is 16.0. The van der Waals surface area contributed by atoms with Crippen molar-refractivity contribution in [1.29, 1.82) is 0 Å². The molecule has 1 N–H and O–H groups in total. The first-order chi connectivity index (χ1) is 13.7. The van der Waals surface area contributed by atoms with Crippen LogP contribution in [-0.2, 0) is 17.1 Å². The molecule has 0 bridgehead atoms. The number of rotatable bonds is 7. The Morgan fingerprint density at radius 2 is 1.86 bits per heavy atom. The molecule has 0 saturated heterocycles. The minimum absolute atomic E-state index is 0.128. The molecular formula is C22H24N4OS. The van der Waals surface area contributed by atoms with E-state index in [0.717, 1.165) is 41.7 Å². The fourth-order valence-electron chi connectivity index (χ4n) is 3.16. The number of hydrogen-bond donors (Lipinski definition) is 1. The smallest absolute Gasteiger partial charge is 0.223 e. The van der Waals surface area contributed by atoms with Crippen molar-refractivity contribution in [3.8, 4) is 5.69 Å². The quantitative estimate of drug-likeness (QED) is 0.610. The lowest BCUT2D eigenvalue weighted by Crippen LogP contribution is -2.34. The number of thioether (sulfide) groups is 1. The molecule has 2 aromatic carbocycles. The predicted molar refractivity (Wildman–Crippen MR) is 111 cm³/mol. The molecule has 1 aliphatic carbocycles. The van der Waals surface area contributed by atoms with Gasteiger partial charge in [0.2, 0.25) is 5.91 Å². The van der Waals surface area contributed by atoms with Crippen molar-refractivity contribution in [3.05, 3.63) is 71.5 Å². The molecule has 6 heteroatoms. The molecule has 1 aliphatic rings. The van der Waals surface area contributed by atoms with Gasteiger partial charge in [-0.3, -0.25) is 9.36 Å². The normalized spacial score (nSPS) is 13.9. The molecule has 1 saturated carbocycles. The summed E-state index contributed by atoms with van der Waals surface area (Å²) >= 11 is 1.65. The van der Waals surface area contributed by atoms with Crippen molar-refractivity contribution >= 4 is 17.7 Å². The number of aromatic nitrogens is 3. The van der Waals surface area contributed by atoms with Gasteiger partial charge in [0, 0.05) is 17.4 Å². The molecule has 28 heavy (non-hydrogen) atoms. The number of carbonyl (C=O) groups is 1. The second-order valence-electron chi connectivity index (χ2n) is 7.19. The molecule has 1 fully saturated rings. The summed E-state index contributed by atoms with van der Waals surface area (Å²) in [6.07, 6.45) is 3.14. The molecule has 0 spiro atoms. The maximum absolute atomic E-state index is 12.2. The van der Waals surface area contributed by atoms with Crippen LogP contribution in [0, 0.1) is 12.8 Å². The van der Waals surface area contributed by atoms with Crippen molar-refractivity contribution in [2.75, 3.05) is 0 Å². The number of nitrogens with one attached hydrogen (secondary N) is 1. The third kappa shape index (κ3) is 4.28. The van der Waals surface area contributed by atoms with Gasteiger partial charge in [0.05, 0.1) is 6.54 Å². The monoisotopic (exact) mass is 392 g/mol. The summed E-state index contributed by atoms with van der Waals surface area (Å²) in [5.74, 6) is 1.87. The van der Waals surface area contributed by atoms with Crippen molar-refractivity contribution in [3.63, 3.8) is 0 Å². The minimum Gasteiger partial charge on any atom is -0.349 e. The number of aryl methyl sites for hydroxylation is 1. The molecule has 144 valence electrons. The van der Waals surface area contributed by atoms with Crippen molar-refractivity contribution in [2.24, 2.45) is 5.92 Å². The van der Waals surface area contributed by atoms with E-state index in [1.54, 1.807) is 11.8 Å². The zero-order valence-corrected chi connectivity index (χ0v) is 16.8. The van der Waals surface area contributed by atoms with Crippen LogP contribution in [0.1, 0.15) is 36.2 Å². The second-order valence-corrected chi connectivity index (χ2v) is 8.13. The Balaban J connectivity index is 1.55. The van der Waals surface area contributed by atoms with E-state index in [9.17, 15) is 4.79 Å². The van der Waals surface area contributed by atoms with Gasteiger partial charge in [-0.05, 0) is 37.5 Å². The summed E-state index contributed by atoms with van der Waals surface area (Å²) in [6, 6.07) is 18.6. The van der Waals surface area contributed by atoms with Crippen LogP contribution in [0.5, 0.6) is 0 Å². The lowest BCUT2D eigenvalue weighted by molar-refractivity contribution is -0.127. The summed E-state index contributed by atoms with van der Waals surface area (Å²) in [4.78, 5) is 12.2. The highest BCUT2D eigenvalue weighted by Crippen LogP contribution is 2.27. The molecule has 0 atom stereocenters. The van der Waals surface area contributed by atoms with Gasteiger partial charge in [0.15, 0.2) is 11.0 Å². The average molecular weight is 393 g/mol. The summed E-state index contributed by atoms with van der Waals surface area (Å²) in [6.45, 7) is 2.46. The fourth-order valence-corrected chi connectivity index (χ4v) is 4.09. The number of carbonyl (C=O) groups excluding carboxylic acids is 1. The Hall–Kier alpha value is -2.60. The van der Waals surface area contributed by atoms with Gasteiger partial charge < -0.3 is 5.32 Å². The predicted octanol–water partition coefficient (Wildman–Crippen LogP) is 4.28. The van der Waals surface area contributed by atoms with Gasteiger partial charge in [-0.2, -0.15) is 0 Å². The summed E-state index contributed by atoms with van der Waals surface area (Å²) in [5, 5.41) is 12.7. The number of nitrogens with zero attached hydrogens (tertiary/aromatic N) is 3. The molecule has 1 amide bonds. The van der Waals surface area contributed by atoms with Crippen LogP contribution in [0.2, 0.25) is 0 Å². The second kappa shape index (κ2) is 8.61. The van der Waals surface area contributed by atoms with Crippen LogP contribution in [0.3, 0.4) is 0 Å². The largest absolute Gasteiger partial charge is 0.349 e. The number of hydrogen-bond acceptors (Lipinski definition) is 4. The Labute approximate surface area is 169 Å². The molecule has 0 radical (unpaired) electrons. The lowest BCUT2D eigenvalue weighted by Gasteiger charge is -2.24. The first-order valence-corrected chi connectivity index (χ1v) is 10.6. The van der Waals surface area contributed by atoms with Crippen molar-refractivity contribution in [1.82, 2.24) is 20.1 Å². The highest BCUT2D eigenvalue weighted by Gasteiger charge is 2.25. The van der Waals surface area contributed by atoms with E-state index in [2.05, 4.69) is 58.8 Å². The molecule has 5 nitrogen and oxygen atoms in total. The average Bonchev–Trinajstić information content (AvgIpc) is 3.08. The maximum Gasteiger partial charge on any atom is 0.223 e. The van der Waals surface area contributed by atoms with Gasteiger partial charge in [0.25, 0.3) is 0 Å². The van der Waals surface area contributed by atoms with Gasteiger partial charge >= 0.3 is 0 Å². The summed E-state index contributed by atoms with van der Waals surface area (Å²) < 4.78 is 2.05. The lowest BCUT2D eigenvalue weighted by atomic mass is 9.85.